The van der Waals surface area contributed by atoms with E-state index in [9.17, 15) is 9.90 Å². The zero-order valence-electron chi connectivity index (χ0n) is 10.8. The van der Waals surface area contributed by atoms with Crippen molar-refractivity contribution < 1.29 is 9.90 Å². The van der Waals surface area contributed by atoms with E-state index in [1.54, 1.807) is 0 Å². The van der Waals surface area contributed by atoms with Crippen LogP contribution >= 0.6 is 0 Å². The molecule has 1 N–H and O–H groups in total. The van der Waals surface area contributed by atoms with Gasteiger partial charge in [-0.1, -0.05) is 33.6 Å². The van der Waals surface area contributed by atoms with Crippen LogP contribution in [0.25, 0.3) is 0 Å². The van der Waals surface area contributed by atoms with Gasteiger partial charge in [-0.25, -0.2) is 0 Å². The minimum Gasteiger partial charge on any atom is -0.481 e. The zero-order valence-corrected chi connectivity index (χ0v) is 10.8. The quantitative estimate of drug-likeness (QED) is 0.758. The van der Waals surface area contributed by atoms with Crippen molar-refractivity contribution >= 4 is 5.97 Å². The smallest absolute Gasteiger partial charge is 0.310 e. The molecule has 0 amide bonds. The monoisotopic (exact) mass is 227 g/mol. The van der Waals surface area contributed by atoms with Crippen molar-refractivity contribution in [3.63, 3.8) is 0 Å². The molecule has 1 fully saturated rings. The number of nitrogens with zero attached hydrogens (tertiary/aromatic N) is 1. The minimum atomic E-state index is -0.596. The molecule has 1 heterocycles. The third-order valence-corrected chi connectivity index (χ3v) is 3.88. The Morgan fingerprint density at radius 2 is 2.19 bits per heavy atom. The highest BCUT2D eigenvalue weighted by Gasteiger charge is 2.43. The first-order valence-electron chi connectivity index (χ1n) is 6.50. The third kappa shape index (κ3) is 2.97. The number of aliphatic carboxylic acids is 1. The van der Waals surface area contributed by atoms with Crippen LogP contribution in [0.15, 0.2) is 0 Å². The SMILES string of the molecule is CCCC1(C(=O)O)CCN(CC(C)CC)C1. The van der Waals surface area contributed by atoms with Gasteiger partial charge in [0, 0.05) is 13.1 Å². The second-order valence-corrected chi connectivity index (χ2v) is 5.33. The Labute approximate surface area is 98.8 Å². The van der Waals surface area contributed by atoms with Gasteiger partial charge in [-0.05, 0) is 25.3 Å². The second kappa shape index (κ2) is 5.67. The van der Waals surface area contributed by atoms with Crippen LogP contribution in [0.2, 0.25) is 0 Å². The molecule has 3 heteroatoms. The number of carbonyl (C=O) groups is 1. The van der Waals surface area contributed by atoms with E-state index in [1.807, 2.05) is 0 Å². The van der Waals surface area contributed by atoms with E-state index in [2.05, 4.69) is 25.7 Å². The van der Waals surface area contributed by atoms with Gasteiger partial charge in [0.05, 0.1) is 5.41 Å². The maximum atomic E-state index is 11.4. The molecule has 0 spiro atoms. The van der Waals surface area contributed by atoms with Crippen molar-refractivity contribution in [1.82, 2.24) is 4.90 Å². The van der Waals surface area contributed by atoms with Gasteiger partial charge in [0.25, 0.3) is 0 Å². The lowest BCUT2D eigenvalue weighted by molar-refractivity contribution is -0.148. The first-order chi connectivity index (χ1) is 7.54. The van der Waals surface area contributed by atoms with Gasteiger partial charge < -0.3 is 10.0 Å². The van der Waals surface area contributed by atoms with Gasteiger partial charge >= 0.3 is 5.97 Å². The highest BCUT2D eigenvalue weighted by Crippen LogP contribution is 2.35. The Balaban J connectivity index is 2.56. The van der Waals surface area contributed by atoms with Gasteiger partial charge in [0.1, 0.15) is 0 Å². The summed E-state index contributed by atoms with van der Waals surface area (Å²) in [6.07, 6.45) is 3.78. The van der Waals surface area contributed by atoms with E-state index in [0.717, 1.165) is 38.9 Å². The summed E-state index contributed by atoms with van der Waals surface area (Å²) >= 11 is 0. The van der Waals surface area contributed by atoms with Crippen LogP contribution in [0, 0.1) is 11.3 Å². The fraction of sp³-hybridized carbons (Fsp3) is 0.923. The number of hydrogen-bond acceptors (Lipinski definition) is 2. The zero-order chi connectivity index (χ0) is 12.2. The number of rotatable bonds is 6. The van der Waals surface area contributed by atoms with E-state index in [-0.39, 0.29) is 0 Å². The van der Waals surface area contributed by atoms with Crippen molar-refractivity contribution in [3.05, 3.63) is 0 Å². The van der Waals surface area contributed by atoms with E-state index >= 15 is 0 Å². The largest absolute Gasteiger partial charge is 0.481 e. The van der Waals surface area contributed by atoms with Gasteiger partial charge in [-0.15, -0.1) is 0 Å². The molecule has 94 valence electrons. The maximum Gasteiger partial charge on any atom is 0.310 e. The van der Waals surface area contributed by atoms with E-state index in [0.29, 0.717) is 5.92 Å². The maximum absolute atomic E-state index is 11.4. The summed E-state index contributed by atoms with van der Waals surface area (Å²) in [4.78, 5) is 13.7. The summed E-state index contributed by atoms with van der Waals surface area (Å²) < 4.78 is 0. The Kier molecular flexibility index (Phi) is 4.78. The van der Waals surface area contributed by atoms with Crippen LogP contribution in [0.1, 0.15) is 46.5 Å². The molecule has 0 saturated carbocycles. The second-order valence-electron chi connectivity index (χ2n) is 5.33. The number of likely N-dealkylation sites (tertiary alicyclic amines) is 1. The molecule has 1 aliphatic rings. The molecule has 1 saturated heterocycles. The number of carboxylic acids is 1. The highest BCUT2D eigenvalue weighted by molar-refractivity contribution is 5.75. The fourth-order valence-electron chi connectivity index (χ4n) is 2.65. The highest BCUT2D eigenvalue weighted by atomic mass is 16.4. The van der Waals surface area contributed by atoms with Crippen molar-refractivity contribution in [2.24, 2.45) is 11.3 Å². The molecule has 0 radical (unpaired) electrons. The Morgan fingerprint density at radius 3 is 2.69 bits per heavy atom. The molecule has 16 heavy (non-hydrogen) atoms. The minimum absolute atomic E-state index is 0.456. The summed E-state index contributed by atoms with van der Waals surface area (Å²) in [6.45, 7) is 9.26. The topological polar surface area (TPSA) is 40.5 Å². The summed E-state index contributed by atoms with van der Waals surface area (Å²) in [5, 5.41) is 9.38. The molecule has 1 rings (SSSR count). The van der Waals surface area contributed by atoms with Crippen molar-refractivity contribution in [2.45, 2.75) is 46.5 Å². The van der Waals surface area contributed by atoms with E-state index in [1.165, 1.54) is 6.42 Å². The molecule has 0 aromatic rings. The lowest BCUT2D eigenvalue weighted by atomic mass is 9.83. The number of hydrogen-bond donors (Lipinski definition) is 1. The fourth-order valence-corrected chi connectivity index (χ4v) is 2.65. The third-order valence-electron chi connectivity index (χ3n) is 3.88. The first kappa shape index (κ1) is 13.5. The predicted molar refractivity (Wildman–Crippen MR) is 65.5 cm³/mol. The Morgan fingerprint density at radius 1 is 1.50 bits per heavy atom. The summed E-state index contributed by atoms with van der Waals surface area (Å²) in [5.41, 5.74) is -0.456. The normalized spacial score (nSPS) is 28.2. The van der Waals surface area contributed by atoms with Crippen LogP contribution in [-0.2, 0) is 4.79 Å². The molecular weight excluding hydrogens is 202 g/mol. The summed E-state index contributed by atoms with van der Waals surface area (Å²) in [5.74, 6) is 0.0761. The first-order valence-corrected chi connectivity index (χ1v) is 6.50. The lowest BCUT2D eigenvalue weighted by Gasteiger charge is -2.25. The van der Waals surface area contributed by atoms with Gasteiger partial charge in [0.15, 0.2) is 0 Å². The Hall–Kier alpha value is -0.570. The van der Waals surface area contributed by atoms with E-state index in [4.69, 9.17) is 0 Å². The molecule has 0 aromatic heterocycles. The van der Waals surface area contributed by atoms with E-state index < -0.39 is 11.4 Å². The number of carboxylic acid groups (broad SMARTS) is 1. The van der Waals surface area contributed by atoms with Crippen molar-refractivity contribution in [3.8, 4) is 0 Å². The van der Waals surface area contributed by atoms with Crippen LogP contribution in [-0.4, -0.2) is 35.6 Å². The van der Waals surface area contributed by atoms with Crippen molar-refractivity contribution in [1.29, 1.82) is 0 Å². The molecule has 0 bridgehead atoms. The van der Waals surface area contributed by atoms with Crippen LogP contribution in [0.4, 0.5) is 0 Å². The molecule has 2 unspecified atom stereocenters. The predicted octanol–water partition coefficient (Wildman–Crippen LogP) is 2.61. The van der Waals surface area contributed by atoms with Crippen molar-refractivity contribution in [2.75, 3.05) is 19.6 Å². The standard InChI is InChI=1S/C13H25NO2/c1-4-6-13(12(15)16)7-8-14(10-13)9-11(3)5-2/h11H,4-10H2,1-3H3,(H,15,16). The molecule has 3 nitrogen and oxygen atoms in total. The summed E-state index contributed by atoms with van der Waals surface area (Å²) in [6, 6.07) is 0. The molecular formula is C13H25NO2. The molecule has 1 aliphatic heterocycles. The van der Waals surface area contributed by atoms with Gasteiger partial charge in [-0.3, -0.25) is 4.79 Å². The average Bonchev–Trinajstić information content (AvgIpc) is 2.63. The summed E-state index contributed by atoms with van der Waals surface area (Å²) in [7, 11) is 0. The van der Waals surface area contributed by atoms with Crippen LogP contribution in [0.5, 0.6) is 0 Å². The van der Waals surface area contributed by atoms with Crippen LogP contribution in [0.3, 0.4) is 0 Å². The van der Waals surface area contributed by atoms with Gasteiger partial charge in [-0.2, -0.15) is 0 Å². The molecule has 2 atom stereocenters. The Bertz CT molecular complexity index is 242. The average molecular weight is 227 g/mol. The van der Waals surface area contributed by atoms with Gasteiger partial charge in [0.2, 0.25) is 0 Å². The van der Waals surface area contributed by atoms with Crippen LogP contribution < -0.4 is 0 Å². The lowest BCUT2D eigenvalue weighted by Crippen LogP contribution is -2.35. The molecule has 0 aromatic carbocycles. The molecule has 0 aliphatic carbocycles.